The molecule has 4 nitrogen and oxygen atoms in total. The third kappa shape index (κ3) is 4.32. The predicted molar refractivity (Wildman–Crippen MR) is 114 cm³/mol. The lowest BCUT2D eigenvalue weighted by molar-refractivity contribution is -0.649. The maximum absolute atomic E-state index is 12.8. The number of hydrogen-bond acceptors (Lipinski definition) is 2. The number of aromatic nitrogens is 3. The van der Waals surface area contributed by atoms with Crippen LogP contribution < -0.4 is 4.57 Å². The van der Waals surface area contributed by atoms with Crippen molar-refractivity contribution in [2.75, 3.05) is 0 Å². The molecule has 144 valence electrons. The van der Waals surface area contributed by atoms with Crippen LogP contribution in [0.4, 0.5) is 0 Å². The molecule has 0 bridgehead atoms. The van der Waals surface area contributed by atoms with Gasteiger partial charge in [-0.15, -0.1) is 0 Å². The summed E-state index contributed by atoms with van der Waals surface area (Å²) >= 11 is 0. The zero-order chi connectivity index (χ0) is 20.1. The minimum atomic E-state index is 0.175. The van der Waals surface area contributed by atoms with Crippen molar-refractivity contribution in [1.29, 1.82) is 0 Å². The van der Waals surface area contributed by atoms with Crippen LogP contribution in [0.15, 0.2) is 91.0 Å². The number of benzene rings is 3. The third-order valence-corrected chi connectivity index (χ3v) is 5.02. The fourth-order valence-electron chi connectivity index (χ4n) is 3.56. The van der Waals surface area contributed by atoms with Crippen molar-refractivity contribution in [3.8, 4) is 22.8 Å². The molecule has 0 saturated heterocycles. The summed E-state index contributed by atoms with van der Waals surface area (Å²) in [4.78, 5) is 12.8. The Morgan fingerprint density at radius 1 is 0.828 bits per heavy atom. The molecule has 0 radical (unpaired) electrons. The van der Waals surface area contributed by atoms with Crippen LogP contribution in [0, 0.1) is 0 Å². The maximum Gasteiger partial charge on any atom is 0.309 e. The van der Waals surface area contributed by atoms with Crippen LogP contribution in [0.1, 0.15) is 12.0 Å². The van der Waals surface area contributed by atoms with Gasteiger partial charge in [0.05, 0.1) is 18.2 Å². The van der Waals surface area contributed by atoms with Crippen LogP contribution in [0.25, 0.3) is 22.8 Å². The van der Waals surface area contributed by atoms with Crippen molar-refractivity contribution in [2.24, 2.45) is 7.05 Å². The summed E-state index contributed by atoms with van der Waals surface area (Å²) in [5.74, 6) is 1.95. The first-order valence-corrected chi connectivity index (χ1v) is 9.85. The van der Waals surface area contributed by atoms with Gasteiger partial charge < -0.3 is 0 Å². The van der Waals surface area contributed by atoms with Crippen LogP contribution >= 0.6 is 0 Å². The molecular formula is C25H24N3O+. The summed E-state index contributed by atoms with van der Waals surface area (Å²) in [7, 11) is 2.00. The number of rotatable bonds is 7. The van der Waals surface area contributed by atoms with E-state index in [1.54, 1.807) is 0 Å². The number of Topliss-reactive ketones (excluding diaryl/α,β-unsaturated/α-hetero) is 1. The molecule has 29 heavy (non-hydrogen) atoms. The van der Waals surface area contributed by atoms with Gasteiger partial charge in [-0.2, -0.15) is 0 Å². The van der Waals surface area contributed by atoms with Gasteiger partial charge in [-0.05, 0) is 36.2 Å². The minimum absolute atomic E-state index is 0.175. The normalized spacial score (nSPS) is 10.8. The molecule has 0 atom stereocenters. The Morgan fingerprint density at radius 3 is 2.00 bits per heavy atom. The van der Waals surface area contributed by atoms with Crippen molar-refractivity contribution < 1.29 is 9.36 Å². The van der Waals surface area contributed by atoms with Crippen molar-refractivity contribution >= 4 is 5.78 Å². The van der Waals surface area contributed by atoms with E-state index in [9.17, 15) is 4.79 Å². The number of carbonyl (C=O) groups is 1. The van der Waals surface area contributed by atoms with E-state index < -0.39 is 0 Å². The van der Waals surface area contributed by atoms with Gasteiger partial charge in [0.2, 0.25) is 0 Å². The summed E-state index contributed by atoms with van der Waals surface area (Å²) < 4.78 is 3.90. The second-order valence-corrected chi connectivity index (χ2v) is 7.12. The van der Waals surface area contributed by atoms with Crippen molar-refractivity contribution in [3.05, 3.63) is 96.6 Å². The summed E-state index contributed by atoms with van der Waals surface area (Å²) in [5.41, 5.74) is 3.25. The molecule has 3 aromatic carbocycles. The Hall–Kier alpha value is -3.53. The van der Waals surface area contributed by atoms with Gasteiger partial charge in [-0.3, -0.25) is 4.79 Å². The summed E-state index contributed by atoms with van der Waals surface area (Å²) in [6, 6.07) is 30.3. The molecule has 0 aliphatic carbocycles. The second-order valence-electron chi connectivity index (χ2n) is 7.12. The molecule has 4 rings (SSSR count). The second kappa shape index (κ2) is 8.65. The van der Waals surface area contributed by atoms with E-state index in [0.29, 0.717) is 6.42 Å². The SMILES string of the molecule is C[n+]1c(-c2ccccc2)nn(CC(=O)CCc2ccccc2)c1-c1ccccc1. The zero-order valence-corrected chi connectivity index (χ0v) is 16.5. The molecule has 1 aromatic heterocycles. The van der Waals surface area contributed by atoms with Crippen LogP contribution in [-0.2, 0) is 24.8 Å². The molecule has 0 fully saturated rings. The molecule has 0 aliphatic rings. The van der Waals surface area contributed by atoms with Gasteiger partial charge in [0.1, 0.15) is 0 Å². The largest absolute Gasteiger partial charge is 0.309 e. The molecule has 0 saturated carbocycles. The maximum atomic E-state index is 12.8. The van der Waals surface area contributed by atoms with Crippen molar-refractivity contribution in [3.63, 3.8) is 0 Å². The van der Waals surface area contributed by atoms with Gasteiger partial charge in [-0.25, -0.2) is 4.57 Å². The Kier molecular flexibility index (Phi) is 5.61. The van der Waals surface area contributed by atoms with Crippen LogP contribution in [0.3, 0.4) is 0 Å². The number of nitrogens with zero attached hydrogens (tertiary/aromatic N) is 3. The van der Waals surface area contributed by atoms with Gasteiger partial charge in [-0.1, -0.05) is 71.4 Å². The highest BCUT2D eigenvalue weighted by Crippen LogP contribution is 2.20. The van der Waals surface area contributed by atoms with Crippen molar-refractivity contribution in [2.45, 2.75) is 19.4 Å². The first-order chi connectivity index (χ1) is 14.2. The first kappa shape index (κ1) is 18.8. The van der Waals surface area contributed by atoms with Gasteiger partial charge in [0.25, 0.3) is 5.82 Å². The van der Waals surface area contributed by atoms with Gasteiger partial charge in [0, 0.05) is 11.5 Å². The Balaban J connectivity index is 1.64. The predicted octanol–water partition coefficient (Wildman–Crippen LogP) is 4.24. The molecule has 0 N–H and O–H groups in total. The highest BCUT2D eigenvalue weighted by atomic mass is 16.1. The quantitative estimate of drug-likeness (QED) is 0.448. The highest BCUT2D eigenvalue weighted by Gasteiger charge is 2.27. The molecular weight excluding hydrogens is 358 g/mol. The number of aryl methyl sites for hydroxylation is 1. The standard InChI is InChI=1S/C25H24N3O/c1-27-24(21-13-7-3-8-14-21)26-28(25(27)22-15-9-4-10-16-22)19-23(29)18-17-20-11-5-2-6-12-20/h2-16H,17-19H2,1H3/q+1. The highest BCUT2D eigenvalue weighted by molar-refractivity contribution is 5.79. The lowest BCUT2D eigenvalue weighted by Gasteiger charge is -2.02. The van der Waals surface area contributed by atoms with E-state index in [2.05, 4.69) is 28.8 Å². The van der Waals surface area contributed by atoms with E-state index in [0.717, 1.165) is 29.2 Å². The molecule has 0 spiro atoms. The molecule has 0 unspecified atom stereocenters. The van der Waals surface area contributed by atoms with E-state index in [1.165, 1.54) is 5.56 Å². The molecule has 1 heterocycles. The van der Waals surface area contributed by atoms with E-state index in [1.807, 2.05) is 78.5 Å². The molecule has 0 amide bonds. The van der Waals surface area contributed by atoms with Gasteiger partial charge >= 0.3 is 5.82 Å². The van der Waals surface area contributed by atoms with E-state index >= 15 is 0 Å². The molecule has 4 heteroatoms. The van der Waals surface area contributed by atoms with Crippen LogP contribution in [0.2, 0.25) is 0 Å². The van der Waals surface area contributed by atoms with E-state index in [-0.39, 0.29) is 12.3 Å². The lowest BCUT2D eigenvalue weighted by atomic mass is 10.1. The Bertz CT molecular complexity index is 1090. The zero-order valence-electron chi connectivity index (χ0n) is 16.5. The Labute approximate surface area is 171 Å². The number of carbonyl (C=O) groups excluding carboxylic acids is 1. The Morgan fingerprint density at radius 2 is 1.38 bits per heavy atom. The fraction of sp³-hybridized carbons (Fsp3) is 0.160. The average molecular weight is 382 g/mol. The summed E-state index contributed by atoms with van der Waals surface area (Å²) in [6.07, 6.45) is 1.25. The molecule has 0 aliphatic heterocycles. The van der Waals surface area contributed by atoms with Crippen LogP contribution in [-0.4, -0.2) is 15.6 Å². The fourth-order valence-corrected chi connectivity index (χ4v) is 3.56. The summed E-state index contributed by atoms with van der Waals surface area (Å²) in [5, 5.41) is 4.81. The van der Waals surface area contributed by atoms with Crippen LogP contribution in [0.5, 0.6) is 0 Å². The minimum Gasteiger partial charge on any atom is -0.296 e. The first-order valence-electron chi connectivity index (χ1n) is 9.85. The van der Waals surface area contributed by atoms with Crippen molar-refractivity contribution in [1.82, 2.24) is 9.78 Å². The smallest absolute Gasteiger partial charge is 0.296 e. The molecule has 4 aromatic rings. The monoisotopic (exact) mass is 382 g/mol. The lowest BCUT2D eigenvalue weighted by Crippen LogP contribution is -2.32. The average Bonchev–Trinajstić information content (AvgIpc) is 3.10. The number of hydrogen-bond donors (Lipinski definition) is 0. The number of ketones is 1. The van der Waals surface area contributed by atoms with Gasteiger partial charge in [0.15, 0.2) is 12.3 Å². The topological polar surface area (TPSA) is 38.8 Å². The summed E-state index contributed by atoms with van der Waals surface area (Å²) in [6.45, 7) is 0.262. The third-order valence-electron chi connectivity index (χ3n) is 5.02. The van der Waals surface area contributed by atoms with E-state index in [4.69, 9.17) is 5.10 Å².